The summed E-state index contributed by atoms with van der Waals surface area (Å²) in [6.45, 7) is 2.88. The Kier molecular flexibility index (Phi) is 6.50. The lowest BCUT2D eigenvalue weighted by Gasteiger charge is -2.21. The summed E-state index contributed by atoms with van der Waals surface area (Å²) in [7, 11) is 0. The number of thiazole rings is 1. The molecule has 3 aromatic heterocycles. The molecule has 0 aliphatic rings. The lowest BCUT2D eigenvalue weighted by Crippen LogP contribution is -2.30. The molecule has 0 fully saturated rings. The Morgan fingerprint density at radius 1 is 0.895 bits per heavy atom. The number of hydrogen-bond donors (Lipinski definition) is 0. The molecular weight excluding hydrogens is 492 g/mol. The van der Waals surface area contributed by atoms with Gasteiger partial charge in [0.15, 0.2) is 5.13 Å². The molecule has 0 radical (unpaired) electrons. The summed E-state index contributed by atoms with van der Waals surface area (Å²) in [5.74, 6) is 0.640. The largest absolute Gasteiger partial charge is 0.494 e. The van der Waals surface area contributed by atoms with Crippen molar-refractivity contribution in [3.63, 3.8) is 0 Å². The fourth-order valence-electron chi connectivity index (χ4n) is 4.42. The number of pyridine rings is 2. The molecule has 6 rings (SSSR count). The molecule has 0 aliphatic carbocycles. The number of rotatable bonds is 7. The average molecular weight is 517 g/mol. The average Bonchev–Trinajstić information content (AvgIpc) is 3.39. The second-order valence-electron chi connectivity index (χ2n) is 8.75. The normalized spacial score (nSPS) is 11.1. The van der Waals surface area contributed by atoms with Crippen molar-refractivity contribution in [2.24, 2.45) is 0 Å². The molecule has 38 heavy (non-hydrogen) atoms. The first-order valence-corrected chi connectivity index (χ1v) is 13.2. The van der Waals surface area contributed by atoms with Crippen molar-refractivity contribution in [3.05, 3.63) is 115 Å². The number of benzene rings is 3. The Hall–Kier alpha value is -4.62. The van der Waals surface area contributed by atoms with E-state index in [1.165, 1.54) is 11.3 Å². The molecular formula is C31H24N4O2S. The maximum absolute atomic E-state index is 14.4. The molecule has 0 spiro atoms. The molecule has 7 heteroatoms. The van der Waals surface area contributed by atoms with Crippen molar-refractivity contribution in [1.82, 2.24) is 15.0 Å². The minimum Gasteiger partial charge on any atom is -0.494 e. The highest BCUT2D eigenvalue weighted by atomic mass is 32.1. The smallest absolute Gasteiger partial charge is 0.261 e. The number of nitrogens with zero attached hydrogens (tertiary/aromatic N) is 4. The van der Waals surface area contributed by atoms with Crippen LogP contribution in [0.2, 0.25) is 0 Å². The molecule has 0 aliphatic heterocycles. The number of aromatic nitrogens is 3. The zero-order valence-electron chi connectivity index (χ0n) is 20.7. The zero-order valence-corrected chi connectivity index (χ0v) is 21.6. The van der Waals surface area contributed by atoms with E-state index in [1.807, 2.05) is 97.9 Å². The highest BCUT2D eigenvalue weighted by molar-refractivity contribution is 7.22. The number of amides is 1. The Labute approximate surface area is 224 Å². The van der Waals surface area contributed by atoms with E-state index >= 15 is 0 Å². The minimum atomic E-state index is -0.145. The van der Waals surface area contributed by atoms with E-state index in [1.54, 1.807) is 17.3 Å². The highest BCUT2D eigenvalue weighted by Gasteiger charge is 2.25. The molecule has 0 saturated carbocycles. The first-order valence-electron chi connectivity index (χ1n) is 12.4. The van der Waals surface area contributed by atoms with Crippen molar-refractivity contribution in [1.29, 1.82) is 0 Å². The molecule has 1 amide bonds. The van der Waals surface area contributed by atoms with Crippen LogP contribution in [0.15, 0.2) is 103 Å². The number of carbonyl (C=O) groups is 1. The molecule has 3 aromatic carbocycles. The molecule has 0 unspecified atom stereocenters. The van der Waals surface area contributed by atoms with Gasteiger partial charge in [0, 0.05) is 23.3 Å². The second kappa shape index (κ2) is 10.4. The van der Waals surface area contributed by atoms with Gasteiger partial charge in [0.1, 0.15) is 5.75 Å². The first-order chi connectivity index (χ1) is 18.7. The fourth-order valence-corrected chi connectivity index (χ4v) is 5.41. The van der Waals surface area contributed by atoms with Crippen LogP contribution in [0.4, 0.5) is 5.13 Å². The second-order valence-corrected chi connectivity index (χ2v) is 9.76. The number of hydrogen-bond acceptors (Lipinski definition) is 6. The van der Waals surface area contributed by atoms with Gasteiger partial charge in [-0.15, -0.1) is 0 Å². The lowest BCUT2D eigenvalue weighted by molar-refractivity contribution is 0.0986. The summed E-state index contributed by atoms with van der Waals surface area (Å²) in [6.07, 6.45) is 3.51. The van der Waals surface area contributed by atoms with Crippen LogP contribution in [-0.4, -0.2) is 27.5 Å². The third-order valence-corrected chi connectivity index (χ3v) is 7.26. The fraction of sp³-hybridized carbons (Fsp3) is 0.0968. The number of ether oxygens (including phenoxy) is 1. The maximum atomic E-state index is 14.4. The number of carbonyl (C=O) groups excluding carboxylic acids is 1. The number of para-hydroxylation sites is 1. The highest BCUT2D eigenvalue weighted by Crippen LogP contribution is 2.34. The quantitative estimate of drug-likeness (QED) is 0.225. The Bertz CT molecular complexity index is 1740. The van der Waals surface area contributed by atoms with Gasteiger partial charge in [0.25, 0.3) is 5.91 Å². The molecule has 3 heterocycles. The summed E-state index contributed by atoms with van der Waals surface area (Å²) in [5, 5.41) is 1.41. The SMILES string of the molecule is CCOc1ccc2nc(N(Cc3cccnc3)C(=O)c3cc(-c4ccccc4)nc4ccccc34)sc2c1. The molecule has 0 bridgehead atoms. The molecule has 6 nitrogen and oxygen atoms in total. The van der Waals surface area contributed by atoms with Crippen LogP contribution in [0.25, 0.3) is 32.4 Å². The molecule has 0 atom stereocenters. The standard InChI is InChI=1S/C31H24N4O2S/c1-2-37-23-14-15-27-29(17-23)38-31(34-27)35(20-21-9-8-16-32-19-21)30(36)25-18-28(22-10-4-3-5-11-22)33-26-13-7-6-12-24(25)26/h3-19H,2,20H2,1H3. The van der Waals surface area contributed by atoms with Gasteiger partial charge in [-0.05, 0) is 48.9 Å². The number of anilines is 1. The molecule has 0 saturated heterocycles. The van der Waals surface area contributed by atoms with Crippen LogP contribution in [0.5, 0.6) is 5.75 Å². The first kappa shape index (κ1) is 23.8. The van der Waals surface area contributed by atoms with Gasteiger partial charge in [0.05, 0.1) is 40.1 Å². The summed E-state index contributed by atoms with van der Waals surface area (Å²) < 4.78 is 6.64. The third kappa shape index (κ3) is 4.71. The van der Waals surface area contributed by atoms with E-state index in [2.05, 4.69) is 4.98 Å². The van der Waals surface area contributed by atoms with E-state index in [0.717, 1.165) is 43.7 Å². The predicted molar refractivity (Wildman–Crippen MR) is 153 cm³/mol. The van der Waals surface area contributed by atoms with Crippen molar-refractivity contribution in [2.75, 3.05) is 11.5 Å². The molecule has 186 valence electrons. The van der Waals surface area contributed by atoms with E-state index in [9.17, 15) is 4.79 Å². The van der Waals surface area contributed by atoms with Crippen LogP contribution in [0, 0.1) is 0 Å². The summed E-state index contributed by atoms with van der Waals surface area (Å²) >= 11 is 1.47. The predicted octanol–water partition coefficient (Wildman–Crippen LogP) is 7.15. The third-order valence-electron chi connectivity index (χ3n) is 6.22. The van der Waals surface area contributed by atoms with Gasteiger partial charge in [-0.25, -0.2) is 9.97 Å². The maximum Gasteiger partial charge on any atom is 0.261 e. The van der Waals surface area contributed by atoms with E-state index in [4.69, 9.17) is 14.7 Å². The van der Waals surface area contributed by atoms with Gasteiger partial charge in [-0.3, -0.25) is 14.7 Å². The van der Waals surface area contributed by atoms with E-state index < -0.39 is 0 Å². The molecule has 6 aromatic rings. The molecule has 0 N–H and O–H groups in total. The van der Waals surface area contributed by atoms with Gasteiger partial charge in [-0.2, -0.15) is 0 Å². The van der Waals surface area contributed by atoms with E-state index in [-0.39, 0.29) is 5.91 Å². The Morgan fingerprint density at radius 3 is 2.55 bits per heavy atom. The van der Waals surface area contributed by atoms with Crippen molar-refractivity contribution in [3.8, 4) is 17.0 Å². The Morgan fingerprint density at radius 2 is 1.74 bits per heavy atom. The lowest BCUT2D eigenvalue weighted by atomic mass is 10.0. The monoisotopic (exact) mass is 516 g/mol. The van der Waals surface area contributed by atoms with Gasteiger partial charge in [0.2, 0.25) is 0 Å². The van der Waals surface area contributed by atoms with Crippen molar-refractivity contribution < 1.29 is 9.53 Å². The van der Waals surface area contributed by atoms with Crippen molar-refractivity contribution >= 4 is 43.5 Å². The van der Waals surface area contributed by atoms with Crippen LogP contribution >= 0.6 is 11.3 Å². The minimum absolute atomic E-state index is 0.145. The Balaban J connectivity index is 1.49. The van der Waals surface area contributed by atoms with Gasteiger partial charge >= 0.3 is 0 Å². The van der Waals surface area contributed by atoms with Crippen LogP contribution < -0.4 is 9.64 Å². The topological polar surface area (TPSA) is 68.2 Å². The summed E-state index contributed by atoms with van der Waals surface area (Å²) in [5.41, 5.74) is 4.78. The van der Waals surface area contributed by atoms with Crippen LogP contribution in [0.3, 0.4) is 0 Å². The van der Waals surface area contributed by atoms with Crippen LogP contribution in [-0.2, 0) is 6.54 Å². The summed E-state index contributed by atoms with van der Waals surface area (Å²) in [6, 6.07) is 29.2. The summed E-state index contributed by atoms with van der Waals surface area (Å²) in [4.78, 5) is 30.1. The van der Waals surface area contributed by atoms with Crippen molar-refractivity contribution in [2.45, 2.75) is 13.5 Å². The number of fused-ring (bicyclic) bond motifs is 2. The zero-order chi connectivity index (χ0) is 25.9. The van der Waals surface area contributed by atoms with E-state index in [0.29, 0.717) is 23.8 Å². The van der Waals surface area contributed by atoms with Gasteiger partial charge in [-0.1, -0.05) is 65.9 Å². The van der Waals surface area contributed by atoms with Gasteiger partial charge < -0.3 is 4.74 Å². The van der Waals surface area contributed by atoms with Crippen LogP contribution in [0.1, 0.15) is 22.8 Å².